The van der Waals surface area contributed by atoms with Crippen molar-refractivity contribution in [3.63, 3.8) is 0 Å². The van der Waals surface area contributed by atoms with Crippen molar-refractivity contribution in [2.75, 3.05) is 17.4 Å². The Balaban J connectivity index is 1.79. The van der Waals surface area contributed by atoms with E-state index in [9.17, 15) is 18.0 Å². The maximum absolute atomic E-state index is 14.4. The van der Waals surface area contributed by atoms with Crippen LogP contribution in [0.1, 0.15) is 29.2 Å². The predicted octanol–water partition coefficient (Wildman–Crippen LogP) is 5.93. The topological polar surface area (TPSA) is 86.8 Å². The maximum Gasteiger partial charge on any atom is 0.264 e. The lowest BCUT2D eigenvalue weighted by Gasteiger charge is -2.34. The van der Waals surface area contributed by atoms with E-state index in [-0.39, 0.29) is 23.8 Å². The van der Waals surface area contributed by atoms with Crippen molar-refractivity contribution >= 4 is 39.1 Å². The van der Waals surface area contributed by atoms with Crippen LogP contribution in [0.2, 0.25) is 5.02 Å². The van der Waals surface area contributed by atoms with Gasteiger partial charge in [0.2, 0.25) is 11.8 Å². The number of nitrogens with zero attached hydrogens (tertiary/aromatic N) is 2. The van der Waals surface area contributed by atoms with Gasteiger partial charge in [-0.3, -0.25) is 13.9 Å². The van der Waals surface area contributed by atoms with E-state index in [1.807, 2.05) is 57.2 Å². The molecule has 1 N–H and O–H groups in total. The molecule has 4 aromatic carbocycles. The van der Waals surface area contributed by atoms with E-state index in [2.05, 4.69) is 5.32 Å². The molecular weight excluding hydrogens is 582 g/mol. The summed E-state index contributed by atoms with van der Waals surface area (Å²) in [5.41, 5.74) is 3.79. The zero-order valence-electron chi connectivity index (χ0n) is 24.5. The minimum atomic E-state index is -4.14. The van der Waals surface area contributed by atoms with Gasteiger partial charge in [0.1, 0.15) is 12.6 Å². The summed E-state index contributed by atoms with van der Waals surface area (Å²) in [6, 6.07) is 29.1. The quantitative estimate of drug-likeness (QED) is 0.214. The molecule has 0 aromatic heterocycles. The molecule has 0 aliphatic heterocycles. The third kappa shape index (κ3) is 8.24. The fourth-order valence-electron chi connectivity index (χ4n) is 4.76. The average Bonchev–Trinajstić information content (AvgIpc) is 2.99. The first-order valence-corrected chi connectivity index (χ1v) is 15.9. The number of nitrogens with one attached hydrogen (secondary N) is 1. The van der Waals surface area contributed by atoms with Crippen LogP contribution < -0.4 is 9.62 Å². The number of aryl methyl sites for hydroxylation is 2. The van der Waals surface area contributed by atoms with Gasteiger partial charge in [-0.15, -0.1) is 0 Å². The van der Waals surface area contributed by atoms with E-state index >= 15 is 0 Å². The third-order valence-electron chi connectivity index (χ3n) is 7.07. The second kappa shape index (κ2) is 14.4. The first-order chi connectivity index (χ1) is 20.6. The standard InChI is InChI=1S/C34H36ClN3O4S/c1-4-36-34(40)32(22-27-9-6-5-7-10-27)37(23-28-11-8-12-29(35)21-28)33(39)24-38(30-17-13-25(2)14-18-30)43(41,42)31-19-15-26(3)16-20-31/h5-21,32H,4,22-24H2,1-3H3,(H,36,40)/t32-/m1/s1. The van der Waals surface area contributed by atoms with Crippen LogP contribution in [0.25, 0.3) is 0 Å². The largest absolute Gasteiger partial charge is 0.355 e. The van der Waals surface area contributed by atoms with Crippen LogP contribution >= 0.6 is 11.6 Å². The molecule has 0 saturated carbocycles. The van der Waals surface area contributed by atoms with E-state index < -0.39 is 28.5 Å². The zero-order valence-corrected chi connectivity index (χ0v) is 26.1. The lowest BCUT2D eigenvalue weighted by atomic mass is 10.0. The molecule has 4 rings (SSSR count). The minimum Gasteiger partial charge on any atom is -0.355 e. The lowest BCUT2D eigenvalue weighted by molar-refractivity contribution is -0.140. The Labute approximate surface area is 259 Å². The number of anilines is 1. The summed E-state index contributed by atoms with van der Waals surface area (Å²) in [7, 11) is -4.14. The molecule has 0 bridgehead atoms. The Hall–Kier alpha value is -4.14. The molecule has 1 atom stereocenters. The number of amides is 2. The highest BCUT2D eigenvalue weighted by molar-refractivity contribution is 7.92. The summed E-state index contributed by atoms with van der Waals surface area (Å²) < 4.78 is 29.2. The summed E-state index contributed by atoms with van der Waals surface area (Å²) in [5.74, 6) is -0.853. The van der Waals surface area contributed by atoms with Crippen molar-refractivity contribution in [1.29, 1.82) is 0 Å². The smallest absolute Gasteiger partial charge is 0.264 e. The third-order valence-corrected chi connectivity index (χ3v) is 9.10. The molecule has 0 unspecified atom stereocenters. The molecular formula is C34H36ClN3O4S. The first kappa shape index (κ1) is 31.8. The van der Waals surface area contributed by atoms with E-state index in [0.29, 0.717) is 22.8 Å². The Morgan fingerprint density at radius 3 is 2.02 bits per heavy atom. The Kier molecular flexibility index (Phi) is 10.6. The SMILES string of the molecule is CCNC(=O)[C@@H](Cc1ccccc1)N(Cc1cccc(Cl)c1)C(=O)CN(c1ccc(C)cc1)S(=O)(=O)c1ccc(C)cc1. The molecule has 224 valence electrons. The van der Waals surface area contributed by atoms with Gasteiger partial charge in [0, 0.05) is 24.5 Å². The molecule has 9 heteroatoms. The van der Waals surface area contributed by atoms with Crippen molar-refractivity contribution in [3.8, 4) is 0 Å². The van der Waals surface area contributed by atoms with E-state index in [1.54, 1.807) is 54.6 Å². The molecule has 0 aliphatic carbocycles. The van der Waals surface area contributed by atoms with Gasteiger partial charge in [-0.25, -0.2) is 8.42 Å². The lowest BCUT2D eigenvalue weighted by Crippen LogP contribution is -2.53. The monoisotopic (exact) mass is 617 g/mol. The molecule has 0 saturated heterocycles. The fraction of sp³-hybridized carbons (Fsp3) is 0.235. The van der Waals surface area contributed by atoms with E-state index in [1.165, 1.54) is 17.0 Å². The second-order valence-electron chi connectivity index (χ2n) is 10.4. The average molecular weight is 618 g/mol. The van der Waals surface area contributed by atoms with Crippen molar-refractivity contribution in [3.05, 3.63) is 130 Å². The van der Waals surface area contributed by atoms with Crippen LogP contribution in [0.5, 0.6) is 0 Å². The molecule has 0 radical (unpaired) electrons. The van der Waals surface area contributed by atoms with Crippen LogP contribution in [0.15, 0.2) is 108 Å². The van der Waals surface area contributed by atoms with Gasteiger partial charge in [-0.1, -0.05) is 89.5 Å². The number of hydrogen-bond acceptors (Lipinski definition) is 4. The predicted molar refractivity (Wildman–Crippen MR) is 172 cm³/mol. The summed E-state index contributed by atoms with van der Waals surface area (Å²) in [6.45, 7) is 5.51. The highest BCUT2D eigenvalue weighted by Gasteiger charge is 2.34. The first-order valence-electron chi connectivity index (χ1n) is 14.1. The maximum atomic E-state index is 14.4. The van der Waals surface area contributed by atoms with Crippen molar-refractivity contribution in [1.82, 2.24) is 10.2 Å². The van der Waals surface area contributed by atoms with Gasteiger partial charge in [0.15, 0.2) is 0 Å². The number of hydrogen-bond donors (Lipinski definition) is 1. The molecule has 7 nitrogen and oxygen atoms in total. The number of carbonyl (C=O) groups excluding carboxylic acids is 2. The summed E-state index contributed by atoms with van der Waals surface area (Å²) in [4.78, 5) is 29.4. The van der Waals surface area contributed by atoms with E-state index in [4.69, 9.17) is 11.6 Å². The van der Waals surface area contributed by atoms with Crippen LogP contribution in [0.3, 0.4) is 0 Å². The van der Waals surface area contributed by atoms with Gasteiger partial charge in [-0.2, -0.15) is 0 Å². The van der Waals surface area contributed by atoms with Crippen molar-refractivity contribution in [2.45, 2.75) is 44.7 Å². The van der Waals surface area contributed by atoms with Crippen LogP contribution in [0.4, 0.5) is 5.69 Å². The summed E-state index contributed by atoms with van der Waals surface area (Å²) >= 11 is 6.28. The number of likely N-dealkylation sites (N-methyl/N-ethyl adjacent to an activating group) is 1. The number of carbonyl (C=O) groups is 2. The summed E-state index contributed by atoms with van der Waals surface area (Å²) in [5, 5.41) is 3.35. The molecule has 0 spiro atoms. The molecule has 0 aliphatic rings. The van der Waals surface area contributed by atoms with Gasteiger partial charge in [0.25, 0.3) is 10.0 Å². The molecule has 0 fully saturated rings. The minimum absolute atomic E-state index is 0.0559. The zero-order chi connectivity index (χ0) is 31.0. The van der Waals surface area contributed by atoms with Crippen LogP contribution in [-0.4, -0.2) is 44.3 Å². The molecule has 4 aromatic rings. The van der Waals surface area contributed by atoms with Gasteiger partial charge in [-0.05, 0) is 68.3 Å². The number of sulfonamides is 1. The molecule has 0 heterocycles. The highest BCUT2D eigenvalue weighted by atomic mass is 35.5. The molecule has 43 heavy (non-hydrogen) atoms. The van der Waals surface area contributed by atoms with Crippen LogP contribution in [0, 0.1) is 13.8 Å². The van der Waals surface area contributed by atoms with Gasteiger partial charge >= 0.3 is 0 Å². The van der Waals surface area contributed by atoms with E-state index in [0.717, 1.165) is 21.0 Å². The number of rotatable bonds is 12. The second-order valence-corrected chi connectivity index (χ2v) is 12.7. The van der Waals surface area contributed by atoms with Crippen molar-refractivity contribution in [2.24, 2.45) is 0 Å². The Bertz CT molecular complexity index is 1640. The van der Waals surface area contributed by atoms with Crippen LogP contribution in [-0.2, 0) is 32.6 Å². The summed E-state index contributed by atoms with van der Waals surface area (Å²) in [6.07, 6.45) is 0.244. The van der Waals surface area contributed by atoms with Crippen molar-refractivity contribution < 1.29 is 18.0 Å². The fourth-order valence-corrected chi connectivity index (χ4v) is 6.38. The Morgan fingerprint density at radius 1 is 0.814 bits per heavy atom. The van der Waals surface area contributed by atoms with Gasteiger partial charge < -0.3 is 10.2 Å². The molecule has 2 amide bonds. The normalized spacial score (nSPS) is 11.9. The number of halogens is 1. The number of benzene rings is 4. The highest BCUT2D eigenvalue weighted by Crippen LogP contribution is 2.26. The van der Waals surface area contributed by atoms with Gasteiger partial charge in [0.05, 0.1) is 10.6 Å². The Morgan fingerprint density at radius 2 is 1.42 bits per heavy atom.